The van der Waals surface area contributed by atoms with Crippen molar-refractivity contribution in [1.82, 2.24) is 20.1 Å². The van der Waals surface area contributed by atoms with Crippen molar-refractivity contribution >= 4 is 11.8 Å². The van der Waals surface area contributed by atoms with E-state index in [-0.39, 0.29) is 11.8 Å². The highest BCUT2D eigenvalue weighted by atomic mass is 16.2. The van der Waals surface area contributed by atoms with Crippen LogP contribution in [0.5, 0.6) is 0 Å². The molecule has 4 rings (SSSR count). The number of amides is 2. The second kappa shape index (κ2) is 7.58. The van der Waals surface area contributed by atoms with Crippen molar-refractivity contribution in [2.24, 2.45) is 5.92 Å². The van der Waals surface area contributed by atoms with Crippen molar-refractivity contribution in [3.05, 3.63) is 29.1 Å². The monoisotopic (exact) mass is 370 g/mol. The van der Waals surface area contributed by atoms with Gasteiger partial charge in [0.15, 0.2) is 0 Å². The van der Waals surface area contributed by atoms with Crippen LogP contribution in [0, 0.1) is 12.8 Å². The molecule has 1 N–H and O–H groups in total. The predicted octanol–water partition coefficient (Wildman–Crippen LogP) is 2.00. The zero-order chi connectivity index (χ0) is 19.0. The van der Waals surface area contributed by atoms with Crippen LogP contribution < -0.4 is 5.32 Å². The number of carbonyl (C=O) groups excluding carboxylic acids is 2. The minimum Gasteiger partial charge on any atom is -0.355 e. The molecule has 2 atom stereocenters. The largest absolute Gasteiger partial charge is 0.355 e. The Hall–Kier alpha value is -1.95. The lowest BCUT2D eigenvalue weighted by Gasteiger charge is -2.31. The number of hydrogen-bond acceptors (Lipinski definition) is 4. The number of aromatic nitrogens is 1. The van der Waals surface area contributed by atoms with Crippen LogP contribution in [0.4, 0.5) is 0 Å². The molecule has 0 radical (unpaired) electrons. The van der Waals surface area contributed by atoms with Crippen LogP contribution in [0.3, 0.4) is 0 Å². The highest BCUT2D eigenvalue weighted by molar-refractivity contribution is 5.77. The van der Waals surface area contributed by atoms with Crippen LogP contribution in [0.2, 0.25) is 0 Å². The van der Waals surface area contributed by atoms with E-state index in [0.717, 1.165) is 31.0 Å². The molecule has 2 fully saturated rings. The number of hydrogen-bond donors (Lipinski definition) is 1. The molecular formula is C21H30N4O2. The molecule has 0 bridgehead atoms. The average molecular weight is 370 g/mol. The van der Waals surface area contributed by atoms with E-state index >= 15 is 0 Å². The summed E-state index contributed by atoms with van der Waals surface area (Å²) < 4.78 is 0. The predicted molar refractivity (Wildman–Crippen MR) is 103 cm³/mol. The molecule has 1 saturated carbocycles. The second-order valence-electron chi connectivity index (χ2n) is 8.51. The highest BCUT2D eigenvalue weighted by Gasteiger charge is 2.39. The van der Waals surface area contributed by atoms with Gasteiger partial charge in [-0.2, -0.15) is 0 Å². The van der Waals surface area contributed by atoms with Gasteiger partial charge in [-0.05, 0) is 55.7 Å². The van der Waals surface area contributed by atoms with Gasteiger partial charge in [0.05, 0.1) is 0 Å². The van der Waals surface area contributed by atoms with E-state index in [1.165, 1.54) is 24.0 Å². The quantitative estimate of drug-likeness (QED) is 0.832. The number of nitrogens with one attached hydrogen (secondary N) is 1. The minimum absolute atomic E-state index is 0.0274. The van der Waals surface area contributed by atoms with Gasteiger partial charge in [-0.1, -0.05) is 0 Å². The first-order chi connectivity index (χ1) is 13.0. The Morgan fingerprint density at radius 2 is 1.89 bits per heavy atom. The van der Waals surface area contributed by atoms with E-state index in [4.69, 9.17) is 0 Å². The first kappa shape index (κ1) is 18.4. The molecule has 0 spiro atoms. The molecule has 2 aliphatic heterocycles. The molecule has 1 aliphatic carbocycles. The van der Waals surface area contributed by atoms with E-state index in [1.54, 1.807) is 6.92 Å². The van der Waals surface area contributed by atoms with Crippen LogP contribution in [0.15, 0.2) is 12.3 Å². The minimum atomic E-state index is 0.0274. The molecular weight excluding hydrogens is 340 g/mol. The van der Waals surface area contributed by atoms with Gasteiger partial charge in [0.25, 0.3) is 0 Å². The lowest BCUT2D eigenvalue weighted by Crippen LogP contribution is -2.45. The SMILES string of the molecule is CC(=O)NC[C@H]1CC[C@@H](CC(=O)N2Cc3cnc(C)cc3C2)N1CC1CC1. The summed E-state index contributed by atoms with van der Waals surface area (Å²) in [6.45, 7) is 6.74. The molecule has 3 heterocycles. The Morgan fingerprint density at radius 1 is 1.15 bits per heavy atom. The van der Waals surface area contributed by atoms with Gasteiger partial charge in [0.2, 0.25) is 11.8 Å². The lowest BCUT2D eigenvalue weighted by molar-refractivity contribution is -0.133. The number of aryl methyl sites for hydroxylation is 1. The normalized spacial score (nSPS) is 24.9. The standard InChI is InChI=1S/C21H30N4O2/c1-14-7-17-12-24(13-18(17)9-22-14)21(27)8-19-5-6-20(10-23-15(2)26)25(19)11-16-3-4-16/h7,9,16,19-20H,3-6,8,10-13H2,1-2H3,(H,23,26)/t19-,20+/m0/s1. The summed E-state index contributed by atoms with van der Waals surface area (Å²) in [6, 6.07) is 2.77. The Kier molecular flexibility index (Phi) is 5.17. The molecule has 6 heteroatoms. The Labute approximate surface area is 161 Å². The summed E-state index contributed by atoms with van der Waals surface area (Å²) in [7, 11) is 0. The van der Waals surface area contributed by atoms with Gasteiger partial charge in [-0.15, -0.1) is 0 Å². The second-order valence-corrected chi connectivity index (χ2v) is 8.51. The molecule has 1 aromatic heterocycles. The molecule has 1 aromatic rings. The number of rotatable bonds is 6. The summed E-state index contributed by atoms with van der Waals surface area (Å²) >= 11 is 0. The van der Waals surface area contributed by atoms with E-state index in [1.807, 2.05) is 18.0 Å². The van der Waals surface area contributed by atoms with E-state index in [0.29, 0.717) is 38.1 Å². The van der Waals surface area contributed by atoms with Crippen molar-refractivity contribution in [1.29, 1.82) is 0 Å². The Morgan fingerprint density at radius 3 is 2.63 bits per heavy atom. The van der Waals surface area contributed by atoms with Gasteiger partial charge in [0.1, 0.15) is 0 Å². The van der Waals surface area contributed by atoms with Crippen LogP contribution in [-0.2, 0) is 22.7 Å². The van der Waals surface area contributed by atoms with Crippen molar-refractivity contribution in [2.75, 3.05) is 13.1 Å². The zero-order valence-electron chi connectivity index (χ0n) is 16.4. The molecule has 1 saturated heterocycles. The van der Waals surface area contributed by atoms with Crippen molar-refractivity contribution in [2.45, 2.75) is 71.1 Å². The van der Waals surface area contributed by atoms with E-state index < -0.39 is 0 Å². The van der Waals surface area contributed by atoms with Crippen LogP contribution in [0.1, 0.15) is 55.8 Å². The number of pyridine rings is 1. The van der Waals surface area contributed by atoms with Gasteiger partial charge < -0.3 is 10.2 Å². The fourth-order valence-corrected chi connectivity index (χ4v) is 4.52. The first-order valence-corrected chi connectivity index (χ1v) is 10.2. The topological polar surface area (TPSA) is 65.5 Å². The molecule has 6 nitrogen and oxygen atoms in total. The fourth-order valence-electron chi connectivity index (χ4n) is 4.52. The first-order valence-electron chi connectivity index (χ1n) is 10.2. The Bertz CT molecular complexity index is 731. The van der Waals surface area contributed by atoms with E-state index in [2.05, 4.69) is 21.3 Å². The maximum absolute atomic E-state index is 13.0. The molecule has 27 heavy (non-hydrogen) atoms. The van der Waals surface area contributed by atoms with Crippen LogP contribution in [-0.4, -0.2) is 51.8 Å². The molecule has 146 valence electrons. The molecule has 0 aromatic carbocycles. The van der Waals surface area contributed by atoms with Gasteiger partial charge >= 0.3 is 0 Å². The van der Waals surface area contributed by atoms with E-state index in [9.17, 15) is 9.59 Å². The van der Waals surface area contributed by atoms with Gasteiger partial charge in [0, 0.05) is 63.5 Å². The average Bonchev–Trinajstić information content (AvgIpc) is 3.22. The fraction of sp³-hybridized carbons (Fsp3) is 0.667. The Balaban J connectivity index is 1.37. The number of nitrogens with zero attached hydrogens (tertiary/aromatic N) is 3. The summed E-state index contributed by atoms with van der Waals surface area (Å²) in [5.74, 6) is 1.06. The number of likely N-dealkylation sites (tertiary alicyclic amines) is 1. The maximum Gasteiger partial charge on any atom is 0.224 e. The summed E-state index contributed by atoms with van der Waals surface area (Å²) in [4.78, 5) is 33.1. The third-order valence-corrected chi connectivity index (χ3v) is 6.23. The van der Waals surface area contributed by atoms with Crippen molar-refractivity contribution in [3.63, 3.8) is 0 Å². The van der Waals surface area contributed by atoms with Crippen molar-refractivity contribution < 1.29 is 9.59 Å². The summed E-state index contributed by atoms with van der Waals surface area (Å²) in [5.41, 5.74) is 3.43. The number of carbonyl (C=O) groups is 2. The van der Waals surface area contributed by atoms with Crippen LogP contribution >= 0.6 is 0 Å². The third-order valence-electron chi connectivity index (χ3n) is 6.23. The summed E-state index contributed by atoms with van der Waals surface area (Å²) in [6.07, 6.45) is 7.22. The zero-order valence-corrected chi connectivity index (χ0v) is 16.4. The van der Waals surface area contributed by atoms with Crippen LogP contribution in [0.25, 0.3) is 0 Å². The third kappa shape index (κ3) is 4.32. The number of fused-ring (bicyclic) bond motifs is 1. The molecule has 3 aliphatic rings. The molecule has 0 unspecified atom stereocenters. The lowest BCUT2D eigenvalue weighted by atomic mass is 10.1. The smallest absolute Gasteiger partial charge is 0.224 e. The van der Waals surface area contributed by atoms with Gasteiger partial charge in [-0.25, -0.2) is 0 Å². The van der Waals surface area contributed by atoms with Crippen molar-refractivity contribution in [3.8, 4) is 0 Å². The van der Waals surface area contributed by atoms with Gasteiger partial charge in [-0.3, -0.25) is 19.5 Å². The summed E-state index contributed by atoms with van der Waals surface area (Å²) in [5, 5.41) is 2.97. The maximum atomic E-state index is 13.0. The highest BCUT2D eigenvalue weighted by Crippen LogP contribution is 2.36. The molecule has 2 amide bonds.